The van der Waals surface area contributed by atoms with Crippen LogP contribution in [0.25, 0.3) is 44.1 Å². The minimum absolute atomic E-state index is 0. The number of hydrogen-bond donors (Lipinski definition) is 1. The summed E-state index contributed by atoms with van der Waals surface area (Å²) >= 11 is 0. The Hall–Kier alpha value is -4.01. The molecule has 0 unspecified atom stereocenters. The topological polar surface area (TPSA) is 63.1 Å². The van der Waals surface area contributed by atoms with E-state index in [0.717, 1.165) is 70.1 Å². The van der Waals surface area contributed by atoms with Crippen LogP contribution in [-0.2, 0) is 24.9 Å². The summed E-state index contributed by atoms with van der Waals surface area (Å²) in [5.41, 5.74) is 8.67. The zero-order valence-electron chi connectivity index (χ0n) is 39.6. The first-order chi connectivity index (χ1) is 28.2. The molecule has 6 rings (SSSR count). The molecule has 0 saturated heterocycles. The minimum Gasteiger partial charge on any atom is -0.512 e. The van der Waals surface area contributed by atoms with E-state index in [1.165, 1.54) is 38.3 Å². The third kappa shape index (κ3) is 13.5. The Labute approximate surface area is 379 Å². The number of carbonyl (C=O) groups is 1. The van der Waals surface area contributed by atoms with Crippen LogP contribution in [0.5, 0.6) is 0 Å². The average molecular weight is 1010 g/mol. The first kappa shape index (κ1) is 48.7. The fourth-order valence-electron chi connectivity index (χ4n) is 7.48. The van der Waals surface area contributed by atoms with Gasteiger partial charge in [0.2, 0.25) is 0 Å². The molecule has 0 aliphatic rings. The Morgan fingerprint density at radius 3 is 1.50 bits per heavy atom. The first-order valence-electron chi connectivity index (χ1n) is 22.0. The number of aryl methyl sites for hydroxylation is 4. The van der Waals surface area contributed by atoms with E-state index in [1.807, 2.05) is 46.9 Å². The number of fused-ring (bicyclic) bond motifs is 2. The molecule has 0 amide bonds. The van der Waals surface area contributed by atoms with Gasteiger partial charge in [0.15, 0.2) is 5.78 Å². The van der Waals surface area contributed by atoms with Crippen LogP contribution in [0.4, 0.5) is 0 Å². The Morgan fingerprint density at radius 1 is 0.650 bits per heavy atom. The second kappa shape index (κ2) is 22.2. The van der Waals surface area contributed by atoms with Crippen molar-refractivity contribution in [2.75, 3.05) is 0 Å². The number of ketones is 1. The summed E-state index contributed by atoms with van der Waals surface area (Å²) in [6.07, 6.45) is 7.13. The van der Waals surface area contributed by atoms with E-state index in [-0.39, 0.29) is 43.5 Å². The van der Waals surface area contributed by atoms with Gasteiger partial charge in [-0.3, -0.25) is 4.79 Å². The molecule has 6 aromatic rings. The van der Waals surface area contributed by atoms with E-state index in [4.69, 9.17) is 1.37 Å². The number of nitrogens with zero attached hydrogens (tertiary/aromatic N) is 2. The van der Waals surface area contributed by atoms with E-state index >= 15 is 0 Å². The molecule has 0 aliphatic heterocycles. The van der Waals surface area contributed by atoms with Crippen molar-refractivity contribution in [3.05, 3.63) is 131 Å². The van der Waals surface area contributed by atoms with Crippen LogP contribution in [0.15, 0.2) is 97.0 Å². The van der Waals surface area contributed by atoms with Crippen molar-refractivity contribution >= 4 is 53.8 Å². The Morgan fingerprint density at radius 2 is 1.08 bits per heavy atom. The van der Waals surface area contributed by atoms with Crippen LogP contribution >= 0.6 is 0 Å². The maximum absolute atomic E-state index is 11.7. The molecule has 321 valence electrons. The van der Waals surface area contributed by atoms with E-state index in [1.54, 1.807) is 0 Å². The van der Waals surface area contributed by atoms with Crippen LogP contribution in [-0.4, -0.2) is 37.0 Å². The quantitative estimate of drug-likeness (QED) is 0.0608. The Balaban J connectivity index is 0.000000248. The monoisotopic (exact) mass is 1010 g/mol. The van der Waals surface area contributed by atoms with Gasteiger partial charge in [0.05, 0.1) is 23.3 Å². The van der Waals surface area contributed by atoms with Gasteiger partial charge >= 0.3 is 0 Å². The number of aliphatic hydroxyl groups excluding tert-OH is 1. The van der Waals surface area contributed by atoms with Crippen molar-refractivity contribution < 1.29 is 31.4 Å². The zero-order valence-corrected chi connectivity index (χ0v) is 43.0. The van der Waals surface area contributed by atoms with E-state index < -0.39 is 16.1 Å². The van der Waals surface area contributed by atoms with Gasteiger partial charge < -0.3 is 15.1 Å². The molecule has 0 atom stereocenters. The molecule has 60 heavy (non-hydrogen) atoms. The maximum atomic E-state index is 11.7. The molecule has 0 saturated carbocycles. The van der Waals surface area contributed by atoms with Crippen molar-refractivity contribution in [1.29, 1.82) is 0 Å². The second-order valence-electron chi connectivity index (χ2n) is 18.1. The van der Waals surface area contributed by atoms with Crippen molar-refractivity contribution in [3.63, 3.8) is 0 Å². The van der Waals surface area contributed by atoms with Gasteiger partial charge in [-0.15, -0.1) is 69.8 Å². The molecule has 4 aromatic carbocycles. The van der Waals surface area contributed by atoms with Crippen LogP contribution in [0.1, 0.15) is 77.0 Å². The first-order valence-corrected chi connectivity index (χ1v) is 28.5. The maximum Gasteiger partial charge on any atom is 0.162 e. The summed E-state index contributed by atoms with van der Waals surface area (Å²) in [5, 5.41) is 17.3. The fraction of sp³-hybridized carbons (Fsp3) is 0.377. The number of benzene rings is 4. The molecule has 7 heteroatoms. The molecule has 1 N–H and O–H groups in total. The van der Waals surface area contributed by atoms with Crippen molar-refractivity contribution in [2.45, 2.75) is 120 Å². The number of aromatic nitrogens is 2. The molecule has 4 nitrogen and oxygen atoms in total. The van der Waals surface area contributed by atoms with Crippen LogP contribution in [0.3, 0.4) is 0 Å². The smallest absolute Gasteiger partial charge is 0.162 e. The standard InChI is InChI=1S/2C20H22NSi.C13H24O2.Ir/c2*1-14-10-15(2)12-17(11-14)20-19-7-6-18(22(3,4)5)13-16(19)8-9-21-20;1-5-10(6-2)12(14)9-13(15)11(7-3)8-4;/h2*6-11,13H,1-5H3;9-11,14H,5-8H2,1-4H3;/q2*-1;;/b;;12-9-;/i9D;;;. The molecule has 2 heterocycles. The summed E-state index contributed by atoms with van der Waals surface area (Å²) < 4.78 is 8.09. The molecule has 0 spiro atoms. The number of pyridine rings is 2. The van der Waals surface area contributed by atoms with Crippen LogP contribution in [0.2, 0.25) is 39.3 Å². The third-order valence-electron chi connectivity index (χ3n) is 11.1. The summed E-state index contributed by atoms with van der Waals surface area (Å²) in [5.74, 6) is 0.547. The summed E-state index contributed by atoms with van der Waals surface area (Å²) in [6.45, 7) is 30.6. The van der Waals surface area contributed by atoms with E-state index in [2.05, 4.69) is 149 Å². The van der Waals surface area contributed by atoms with Crippen molar-refractivity contribution in [2.24, 2.45) is 11.8 Å². The van der Waals surface area contributed by atoms with Gasteiger partial charge in [-0.1, -0.05) is 141 Å². The molecule has 0 fully saturated rings. The fourth-order valence-corrected chi connectivity index (χ4v) is 9.82. The SMILES string of the molecule is CCC(CC)C(=O)/C=C(\O)C(CC)CC.Cc1[c-]c(-c2nccc3cc([Si](C)(C)C)ccc23)cc(C)c1.[2H]c1cc2cc([Si](C)(C)C)ccc2c(-c2[c-]c(C)cc(C)c2)n1.[Ir]. The molecule has 1 radical (unpaired) electrons. The Bertz CT molecular complexity index is 2420. The number of carbonyl (C=O) groups excluding carboxylic acids is 1. The summed E-state index contributed by atoms with van der Waals surface area (Å²) in [7, 11) is -2.67. The van der Waals surface area contributed by atoms with Gasteiger partial charge in [0, 0.05) is 50.4 Å². The minimum atomic E-state index is -1.37. The number of hydrogen-bond acceptors (Lipinski definition) is 4. The molecule has 0 bridgehead atoms. The molecule has 0 aliphatic carbocycles. The zero-order chi connectivity index (χ0) is 44.5. The Kier molecular flexibility index (Phi) is 18.0. The number of allylic oxidation sites excluding steroid dienone is 2. The normalized spacial score (nSPS) is 12.1. The van der Waals surface area contributed by atoms with Crippen molar-refractivity contribution in [1.82, 2.24) is 9.97 Å². The third-order valence-corrected chi connectivity index (χ3v) is 15.2. The molecular formula is C53H68IrN2O2Si2-2. The summed E-state index contributed by atoms with van der Waals surface area (Å²) in [6, 6.07) is 32.8. The molecule has 2 aromatic heterocycles. The van der Waals surface area contributed by atoms with Crippen LogP contribution < -0.4 is 10.4 Å². The van der Waals surface area contributed by atoms with Crippen LogP contribution in [0, 0.1) is 51.7 Å². The number of aliphatic hydroxyl groups is 1. The van der Waals surface area contributed by atoms with Gasteiger partial charge in [-0.2, -0.15) is 0 Å². The van der Waals surface area contributed by atoms with E-state index in [0.29, 0.717) is 6.17 Å². The predicted octanol–water partition coefficient (Wildman–Crippen LogP) is 13.6. The van der Waals surface area contributed by atoms with Gasteiger partial charge in [-0.05, 0) is 70.7 Å². The predicted molar refractivity (Wildman–Crippen MR) is 261 cm³/mol. The van der Waals surface area contributed by atoms with Gasteiger partial charge in [-0.25, -0.2) is 0 Å². The van der Waals surface area contributed by atoms with E-state index in [9.17, 15) is 9.90 Å². The van der Waals surface area contributed by atoms with Gasteiger partial charge in [0.1, 0.15) is 0 Å². The van der Waals surface area contributed by atoms with Gasteiger partial charge in [0.25, 0.3) is 0 Å². The van der Waals surface area contributed by atoms with Crippen molar-refractivity contribution in [3.8, 4) is 22.5 Å². The second-order valence-corrected chi connectivity index (χ2v) is 28.3. The summed E-state index contributed by atoms with van der Waals surface area (Å²) in [4.78, 5) is 20.8. The largest absolute Gasteiger partial charge is 0.512 e. The number of rotatable bonds is 11. The molecular weight excluding hydrogens is 945 g/mol. The average Bonchev–Trinajstić information content (AvgIpc) is 3.17.